The standard InChI is InChI=1S/C16H21N3O3/c1-11(15(21)16(22)18-9-12-6-7-12)19(10-20)14-5-3-2-4-13(14)8-17/h2-5,10-12H,6-9,17H2,1H3,(H,18,22)/t11-/m0/s1. The first-order valence-corrected chi connectivity index (χ1v) is 7.42. The molecule has 1 fully saturated rings. The average Bonchev–Trinajstić information content (AvgIpc) is 3.37. The molecule has 0 aromatic heterocycles. The molecule has 0 unspecified atom stereocenters. The minimum absolute atomic E-state index is 0.245. The van der Waals surface area contributed by atoms with Gasteiger partial charge < -0.3 is 16.0 Å². The molecule has 1 saturated carbocycles. The first kappa shape index (κ1) is 16.2. The van der Waals surface area contributed by atoms with Crippen LogP contribution >= 0.6 is 0 Å². The number of hydrogen-bond donors (Lipinski definition) is 2. The van der Waals surface area contributed by atoms with Gasteiger partial charge in [-0.15, -0.1) is 0 Å². The molecule has 0 bridgehead atoms. The first-order valence-electron chi connectivity index (χ1n) is 7.42. The molecule has 2 rings (SSSR count). The lowest BCUT2D eigenvalue weighted by Crippen LogP contribution is -2.46. The van der Waals surface area contributed by atoms with E-state index in [9.17, 15) is 14.4 Å². The lowest BCUT2D eigenvalue weighted by atomic mass is 10.1. The molecule has 6 nitrogen and oxygen atoms in total. The Labute approximate surface area is 129 Å². The Morgan fingerprint density at radius 1 is 1.41 bits per heavy atom. The van der Waals surface area contributed by atoms with Gasteiger partial charge in [0.25, 0.3) is 5.91 Å². The SMILES string of the molecule is C[C@@H](C(=O)C(=O)NCC1CC1)N(C=O)c1ccccc1CN. The zero-order valence-corrected chi connectivity index (χ0v) is 12.6. The number of carbonyl (C=O) groups is 3. The van der Waals surface area contributed by atoms with Gasteiger partial charge in [-0.2, -0.15) is 0 Å². The van der Waals surface area contributed by atoms with Crippen molar-refractivity contribution >= 4 is 23.8 Å². The minimum atomic E-state index is -0.871. The van der Waals surface area contributed by atoms with Crippen molar-refractivity contribution in [3.8, 4) is 0 Å². The van der Waals surface area contributed by atoms with Crippen LogP contribution < -0.4 is 16.0 Å². The lowest BCUT2D eigenvalue weighted by Gasteiger charge is -2.25. The Morgan fingerprint density at radius 2 is 2.09 bits per heavy atom. The van der Waals surface area contributed by atoms with E-state index in [2.05, 4.69) is 5.32 Å². The third-order valence-electron chi connectivity index (χ3n) is 3.87. The van der Waals surface area contributed by atoms with Gasteiger partial charge in [0.1, 0.15) is 6.04 Å². The normalized spacial score (nSPS) is 15.0. The fraction of sp³-hybridized carbons (Fsp3) is 0.438. The molecule has 3 N–H and O–H groups in total. The van der Waals surface area contributed by atoms with Crippen molar-refractivity contribution in [2.24, 2.45) is 11.7 Å². The molecule has 0 aliphatic heterocycles. The molecule has 1 aromatic rings. The summed E-state index contributed by atoms with van der Waals surface area (Å²) in [5, 5.41) is 2.63. The molecule has 2 amide bonds. The summed E-state index contributed by atoms with van der Waals surface area (Å²) in [6, 6.07) is 6.20. The van der Waals surface area contributed by atoms with Crippen molar-refractivity contribution in [1.29, 1.82) is 0 Å². The molecule has 1 aromatic carbocycles. The van der Waals surface area contributed by atoms with Crippen LogP contribution in [0.25, 0.3) is 0 Å². The van der Waals surface area contributed by atoms with Crippen molar-refractivity contribution in [3.05, 3.63) is 29.8 Å². The number of Topliss-reactive ketones (excluding diaryl/α,β-unsaturated/α-hetero) is 1. The van der Waals surface area contributed by atoms with Crippen LogP contribution in [0.2, 0.25) is 0 Å². The second-order valence-electron chi connectivity index (χ2n) is 5.54. The lowest BCUT2D eigenvalue weighted by molar-refractivity contribution is -0.138. The predicted molar refractivity (Wildman–Crippen MR) is 83.1 cm³/mol. The average molecular weight is 303 g/mol. The third-order valence-corrected chi connectivity index (χ3v) is 3.87. The van der Waals surface area contributed by atoms with Gasteiger partial charge in [-0.1, -0.05) is 18.2 Å². The van der Waals surface area contributed by atoms with E-state index in [0.717, 1.165) is 18.4 Å². The number of benzene rings is 1. The van der Waals surface area contributed by atoms with Crippen LogP contribution in [0.15, 0.2) is 24.3 Å². The number of anilines is 1. The van der Waals surface area contributed by atoms with E-state index in [-0.39, 0.29) is 6.54 Å². The number of nitrogens with two attached hydrogens (primary N) is 1. The number of carbonyl (C=O) groups excluding carboxylic acids is 3. The van der Waals surface area contributed by atoms with E-state index < -0.39 is 17.7 Å². The Balaban J connectivity index is 2.09. The molecule has 1 aliphatic carbocycles. The van der Waals surface area contributed by atoms with Crippen molar-refractivity contribution in [2.75, 3.05) is 11.4 Å². The molecule has 1 aliphatic rings. The maximum atomic E-state index is 12.2. The quantitative estimate of drug-likeness (QED) is 0.543. The third kappa shape index (κ3) is 3.71. The van der Waals surface area contributed by atoms with Gasteiger partial charge in [-0.05, 0) is 37.3 Å². The van der Waals surface area contributed by atoms with Crippen molar-refractivity contribution in [1.82, 2.24) is 5.32 Å². The van der Waals surface area contributed by atoms with E-state index in [1.165, 1.54) is 4.90 Å². The maximum Gasteiger partial charge on any atom is 0.289 e. The number of nitrogens with zero attached hydrogens (tertiary/aromatic N) is 1. The van der Waals surface area contributed by atoms with E-state index in [1.54, 1.807) is 25.1 Å². The maximum absolute atomic E-state index is 12.2. The summed E-state index contributed by atoms with van der Waals surface area (Å²) < 4.78 is 0. The minimum Gasteiger partial charge on any atom is -0.349 e. The highest BCUT2D eigenvalue weighted by Crippen LogP contribution is 2.27. The number of amides is 2. The zero-order chi connectivity index (χ0) is 16.1. The number of nitrogens with one attached hydrogen (secondary N) is 1. The zero-order valence-electron chi connectivity index (χ0n) is 12.6. The fourth-order valence-electron chi connectivity index (χ4n) is 2.25. The van der Waals surface area contributed by atoms with Crippen LogP contribution in [-0.2, 0) is 20.9 Å². The Kier molecular flexibility index (Phi) is 5.27. The van der Waals surface area contributed by atoms with Crippen LogP contribution in [0.1, 0.15) is 25.3 Å². The highest BCUT2D eigenvalue weighted by molar-refractivity contribution is 6.39. The van der Waals surface area contributed by atoms with Gasteiger partial charge in [0.2, 0.25) is 12.2 Å². The number of rotatable bonds is 8. The largest absolute Gasteiger partial charge is 0.349 e. The van der Waals surface area contributed by atoms with Crippen molar-refractivity contribution in [3.63, 3.8) is 0 Å². The van der Waals surface area contributed by atoms with Gasteiger partial charge in [0.05, 0.1) is 0 Å². The summed E-state index contributed by atoms with van der Waals surface area (Å²) in [6.07, 6.45) is 2.74. The van der Waals surface area contributed by atoms with E-state index in [1.807, 2.05) is 6.07 Å². The van der Waals surface area contributed by atoms with Gasteiger partial charge >= 0.3 is 0 Å². The Hall–Kier alpha value is -2.21. The smallest absolute Gasteiger partial charge is 0.289 e. The van der Waals surface area contributed by atoms with Crippen molar-refractivity contribution < 1.29 is 14.4 Å². The molecule has 0 heterocycles. The molecule has 22 heavy (non-hydrogen) atoms. The second kappa shape index (κ2) is 7.17. The Morgan fingerprint density at radius 3 is 2.68 bits per heavy atom. The van der Waals surface area contributed by atoms with Crippen molar-refractivity contribution in [2.45, 2.75) is 32.4 Å². The van der Waals surface area contributed by atoms with E-state index >= 15 is 0 Å². The summed E-state index contributed by atoms with van der Waals surface area (Å²) in [6.45, 7) is 2.31. The molecule has 0 saturated heterocycles. The first-order chi connectivity index (χ1) is 10.6. The fourth-order valence-corrected chi connectivity index (χ4v) is 2.25. The topological polar surface area (TPSA) is 92.5 Å². The highest BCUT2D eigenvalue weighted by Gasteiger charge is 2.29. The number of ketones is 1. The van der Waals surface area contributed by atoms with Crippen LogP contribution in [0.5, 0.6) is 0 Å². The highest BCUT2D eigenvalue weighted by atomic mass is 16.2. The van der Waals surface area contributed by atoms with Gasteiger partial charge in [-0.25, -0.2) is 0 Å². The number of hydrogen-bond acceptors (Lipinski definition) is 4. The monoisotopic (exact) mass is 303 g/mol. The molecule has 0 radical (unpaired) electrons. The van der Waals surface area contributed by atoms with Crippen LogP contribution in [0, 0.1) is 5.92 Å². The molecule has 1 atom stereocenters. The molecular formula is C16H21N3O3. The van der Waals surface area contributed by atoms with Gasteiger partial charge in [0, 0.05) is 18.8 Å². The van der Waals surface area contributed by atoms with Crippen LogP contribution in [0.3, 0.4) is 0 Å². The van der Waals surface area contributed by atoms with E-state index in [4.69, 9.17) is 5.73 Å². The van der Waals surface area contributed by atoms with Crippen LogP contribution in [0.4, 0.5) is 5.69 Å². The Bertz CT molecular complexity index is 570. The molecule has 118 valence electrons. The summed E-state index contributed by atoms with van der Waals surface area (Å²) in [7, 11) is 0. The summed E-state index contributed by atoms with van der Waals surface area (Å²) >= 11 is 0. The summed E-state index contributed by atoms with van der Waals surface area (Å²) in [5.41, 5.74) is 6.96. The van der Waals surface area contributed by atoms with Gasteiger partial charge in [-0.3, -0.25) is 14.4 Å². The molecule has 0 spiro atoms. The van der Waals surface area contributed by atoms with Gasteiger partial charge in [0.15, 0.2) is 0 Å². The number of para-hydroxylation sites is 1. The summed E-state index contributed by atoms with van der Waals surface area (Å²) in [5.74, 6) is -0.775. The predicted octanol–water partition coefficient (Wildman–Crippen LogP) is 0.592. The molecule has 6 heteroatoms. The van der Waals surface area contributed by atoms with E-state index in [0.29, 0.717) is 24.6 Å². The molecular weight excluding hydrogens is 282 g/mol. The second-order valence-corrected chi connectivity index (χ2v) is 5.54. The summed E-state index contributed by atoms with van der Waals surface area (Å²) in [4.78, 5) is 36.8. The van der Waals surface area contributed by atoms with Crippen LogP contribution in [-0.4, -0.2) is 30.7 Å².